The van der Waals surface area contributed by atoms with E-state index in [1.54, 1.807) is 42.2 Å². The number of hydrogen-bond donors (Lipinski definition) is 1. The van der Waals surface area contributed by atoms with Crippen LogP contribution in [0.5, 0.6) is 5.75 Å². The molecule has 3 rings (SSSR count). The van der Waals surface area contributed by atoms with Crippen LogP contribution < -0.4 is 4.74 Å². The van der Waals surface area contributed by atoms with Gasteiger partial charge in [-0.05, 0) is 56.7 Å². The molecule has 150 valence electrons. The van der Waals surface area contributed by atoms with Crippen molar-refractivity contribution in [1.29, 1.82) is 0 Å². The van der Waals surface area contributed by atoms with Crippen LogP contribution in [0.25, 0.3) is 0 Å². The molecule has 0 unspecified atom stereocenters. The van der Waals surface area contributed by atoms with Gasteiger partial charge >= 0.3 is 0 Å². The SMILES string of the molecule is CC(C)(C(=O)N1CC[C@H](Oc2cccc(Cl)c2)[C@@](C)(O)C1)c1ccc(Cl)cc1. The van der Waals surface area contributed by atoms with E-state index in [2.05, 4.69) is 0 Å². The number of hydrogen-bond acceptors (Lipinski definition) is 3. The van der Waals surface area contributed by atoms with E-state index in [4.69, 9.17) is 27.9 Å². The van der Waals surface area contributed by atoms with Gasteiger partial charge in [-0.3, -0.25) is 4.79 Å². The molecule has 1 saturated heterocycles. The number of aliphatic hydroxyl groups is 1. The average Bonchev–Trinajstić information content (AvgIpc) is 2.63. The minimum Gasteiger partial charge on any atom is -0.487 e. The van der Waals surface area contributed by atoms with Gasteiger partial charge in [-0.2, -0.15) is 0 Å². The van der Waals surface area contributed by atoms with Crippen LogP contribution in [0.4, 0.5) is 0 Å². The molecule has 1 aliphatic heterocycles. The van der Waals surface area contributed by atoms with Gasteiger partial charge in [-0.1, -0.05) is 41.4 Å². The number of nitrogens with zero attached hydrogens (tertiary/aromatic N) is 1. The van der Waals surface area contributed by atoms with Crippen molar-refractivity contribution < 1.29 is 14.6 Å². The Morgan fingerprint density at radius 2 is 1.86 bits per heavy atom. The average molecular weight is 422 g/mol. The summed E-state index contributed by atoms with van der Waals surface area (Å²) in [6.45, 7) is 6.20. The quantitative estimate of drug-likeness (QED) is 0.777. The molecule has 2 aromatic rings. The first-order valence-electron chi connectivity index (χ1n) is 9.29. The number of amides is 1. The molecule has 0 aliphatic carbocycles. The van der Waals surface area contributed by atoms with Crippen LogP contribution >= 0.6 is 23.2 Å². The van der Waals surface area contributed by atoms with Crippen molar-refractivity contribution in [1.82, 2.24) is 4.90 Å². The Labute approximate surface area is 176 Å². The Hall–Kier alpha value is -1.75. The van der Waals surface area contributed by atoms with Gasteiger partial charge in [-0.25, -0.2) is 0 Å². The van der Waals surface area contributed by atoms with E-state index in [0.29, 0.717) is 28.8 Å². The summed E-state index contributed by atoms with van der Waals surface area (Å²) in [5.74, 6) is 0.579. The van der Waals surface area contributed by atoms with E-state index in [-0.39, 0.29) is 12.5 Å². The summed E-state index contributed by atoms with van der Waals surface area (Å²) in [4.78, 5) is 14.9. The van der Waals surface area contributed by atoms with Crippen molar-refractivity contribution in [2.24, 2.45) is 0 Å². The van der Waals surface area contributed by atoms with Gasteiger partial charge in [-0.15, -0.1) is 0 Å². The molecular weight excluding hydrogens is 397 g/mol. The molecule has 28 heavy (non-hydrogen) atoms. The zero-order valence-electron chi connectivity index (χ0n) is 16.3. The number of β-amino-alcohol motifs (C(OH)–C–C–N with tert-alkyl or cyclic N) is 1. The van der Waals surface area contributed by atoms with E-state index in [1.807, 2.05) is 32.0 Å². The number of rotatable bonds is 4. The van der Waals surface area contributed by atoms with Crippen molar-refractivity contribution in [2.75, 3.05) is 13.1 Å². The van der Waals surface area contributed by atoms with Crippen molar-refractivity contribution in [2.45, 2.75) is 44.3 Å². The van der Waals surface area contributed by atoms with Crippen LogP contribution in [0, 0.1) is 0 Å². The van der Waals surface area contributed by atoms with Crippen molar-refractivity contribution >= 4 is 29.1 Å². The molecule has 1 N–H and O–H groups in total. The minimum atomic E-state index is -1.17. The maximum atomic E-state index is 13.2. The molecule has 0 aromatic heterocycles. The maximum absolute atomic E-state index is 13.2. The van der Waals surface area contributed by atoms with Crippen LogP contribution in [-0.2, 0) is 10.2 Å². The fraction of sp³-hybridized carbons (Fsp3) is 0.409. The summed E-state index contributed by atoms with van der Waals surface area (Å²) >= 11 is 12.0. The predicted octanol–water partition coefficient (Wildman–Crippen LogP) is 4.70. The zero-order chi connectivity index (χ0) is 20.5. The fourth-order valence-corrected chi connectivity index (χ4v) is 3.91. The third kappa shape index (κ3) is 4.45. The smallest absolute Gasteiger partial charge is 0.232 e. The van der Waals surface area contributed by atoms with Gasteiger partial charge in [0.15, 0.2) is 0 Å². The second kappa shape index (κ2) is 7.94. The Morgan fingerprint density at radius 3 is 2.46 bits per heavy atom. The molecule has 0 saturated carbocycles. The second-order valence-electron chi connectivity index (χ2n) is 8.07. The van der Waals surface area contributed by atoms with E-state index in [0.717, 1.165) is 5.56 Å². The molecule has 4 nitrogen and oxygen atoms in total. The standard InChI is InChI=1S/C22H25Cl2NO3/c1-21(2,15-7-9-16(23)10-8-15)20(26)25-12-11-19(22(3,27)14-25)28-18-6-4-5-17(24)13-18/h4-10,13,19,27H,11-12,14H2,1-3H3/t19-,22-/m0/s1. The molecule has 2 aromatic carbocycles. The van der Waals surface area contributed by atoms with Gasteiger partial charge in [0.05, 0.1) is 12.0 Å². The van der Waals surface area contributed by atoms with Crippen molar-refractivity contribution in [3.8, 4) is 5.75 Å². The zero-order valence-corrected chi connectivity index (χ0v) is 17.8. The number of ether oxygens (including phenoxy) is 1. The topological polar surface area (TPSA) is 49.8 Å². The van der Waals surface area contributed by atoms with Crippen LogP contribution in [0.1, 0.15) is 32.8 Å². The molecule has 0 bridgehead atoms. The van der Waals surface area contributed by atoms with Crippen LogP contribution in [0.3, 0.4) is 0 Å². The summed E-state index contributed by atoms with van der Waals surface area (Å²) in [7, 11) is 0. The summed E-state index contributed by atoms with van der Waals surface area (Å²) in [6.07, 6.45) is 0.107. The lowest BCUT2D eigenvalue weighted by Crippen LogP contribution is -2.60. The van der Waals surface area contributed by atoms with Crippen LogP contribution in [0.15, 0.2) is 48.5 Å². The number of benzene rings is 2. The van der Waals surface area contributed by atoms with E-state index in [9.17, 15) is 9.90 Å². The van der Waals surface area contributed by atoms with Gasteiger partial charge < -0.3 is 14.7 Å². The largest absolute Gasteiger partial charge is 0.487 e. The highest BCUT2D eigenvalue weighted by Gasteiger charge is 2.44. The van der Waals surface area contributed by atoms with Crippen LogP contribution in [-0.4, -0.2) is 40.7 Å². The first-order chi connectivity index (χ1) is 13.1. The summed E-state index contributed by atoms with van der Waals surface area (Å²) < 4.78 is 5.98. The first kappa shape index (κ1) is 21.0. The molecule has 1 amide bonds. The van der Waals surface area contributed by atoms with E-state index >= 15 is 0 Å². The number of halogens is 2. The summed E-state index contributed by atoms with van der Waals surface area (Å²) in [5.41, 5.74) is -1.01. The lowest BCUT2D eigenvalue weighted by atomic mass is 9.81. The normalized spacial score (nSPS) is 22.8. The summed E-state index contributed by atoms with van der Waals surface area (Å²) in [5, 5.41) is 12.2. The third-order valence-corrected chi connectivity index (χ3v) is 5.82. The number of likely N-dealkylation sites (tertiary alicyclic amines) is 1. The van der Waals surface area contributed by atoms with Gasteiger partial charge in [0, 0.05) is 23.0 Å². The highest BCUT2D eigenvalue weighted by Crippen LogP contribution is 2.32. The third-order valence-electron chi connectivity index (χ3n) is 5.33. The molecule has 6 heteroatoms. The van der Waals surface area contributed by atoms with Gasteiger partial charge in [0.2, 0.25) is 5.91 Å². The molecule has 1 aliphatic rings. The Kier molecular flexibility index (Phi) is 5.95. The number of carbonyl (C=O) groups excluding carboxylic acids is 1. The molecule has 1 fully saturated rings. The molecule has 0 spiro atoms. The summed E-state index contributed by atoms with van der Waals surface area (Å²) in [6, 6.07) is 14.4. The van der Waals surface area contributed by atoms with Gasteiger partial charge in [0.1, 0.15) is 17.5 Å². The lowest BCUT2D eigenvalue weighted by molar-refractivity contribution is -0.150. The fourth-order valence-electron chi connectivity index (χ4n) is 3.60. The van der Waals surface area contributed by atoms with Crippen molar-refractivity contribution in [3.05, 3.63) is 64.1 Å². The number of piperidine rings is 1. The minimum absolute atomic E-state index is 0.0312. The van der Waals surface area contributed by atoms with Crippen molar-refractivity contribution in [3.63, 3.8) is 0 Å². The maximum Gasteiger partial charge on any atom is 0.232 e. The Balaban J connectivity index is 1.72. The van der Waals surface area contributed by atoms with Gasteiger partial charge in [0.25, 0.3) is 0 Å². The van der Waals surface area contributed by atoms with Crippen LogP contribution in [0.2, 0.25) is 10.0 Å². The highest BCUT2D eigenvalue weighted by molar-refractivity contribution is 6.30. The number of carbonyl (C=O) groups is 1. The first-order valence-corrected chi connectivity index (χ1v) is 10.1. The van der Waals surface area contributed by atoms with E-state index < -0.39 is 17.1 Å². The molecule has 2 atom stereocenters. The second-order valence-corrected chi connectivity index (χ2v) is 8.94. The predicted molar refractivity (Wildman–Crippen MR) is 112 cm³/mol. The molecule has 1 heterocycles. The molecular formula is C22H25Cl2NO3. The Morgan fingerprint density at radius 1 is 1.18 bits per heavy atom. The Bertz CT molecular complexity index is 849. The van der Waals surface area contributed by atoms with E-state index in [1.165, 1.54) is 0 Å². The lowest BCUT2D eigenvalue weighted by Gasteiger charge is -2.44. The highest BCUT2D eigenvalue weighted by atomic mass is 35.5. The molecule has 0 radical (unpaired) electrons. The monoisotopic (exact) mass is 421 g/mol.